The summed E-state index contributed by atoms with van der Waals surface area (Å²) < 4.78 is 0. The maximum Gasteiger partial charge on any atom is 0.310 e. The monoisotopic (exact) mass is 356 g/mol. The van der Waals surface area contributed by atoms with Crippen molar-refractivity contribution in [2.45, 2.75) is 25.7 Å². The van der Waals surface area contributed by atoms with Gasteiger partial charge in [-0.05, 0) is 25.0 Å². The molecule has 0 saturated carbocycles. The summed E-state index contributed by atoms with van der Waals surface area (Å²) in [5, 5.41) is 17.4. The quantitative estimate of drug-likeness (QED) is 0.768. The Balaban J connectivity index is 0.000000260. The summed E-state index contributed by atoms with van der Waals surface area (Å²) in [7, 11) is 0. The molecule has 0 aliphatic heterocycles. The van der Waals surface area contributed by atoms with Crippen LogP contribution in [-0.4, -0.2) is 34.7 Å². The SMILES string of the molecule is CC(C(=O)O)c1ccc(C=O)cc1.CC(C(=O)O)c1ccc(C=O)cc1. The lowest BCUT2D eigenvalue weighted by Crippen LogP contribution is -2.07. The topological polar surface area (TPSA) is 109 Å². The third-order valence-corrected chi connectivity index (χ3v) is 3.89. The van der Waals surface area contributed by atoms with Crippen molar-refractivity contribution in [3.8, 4) is 0 Å². The molecule has 0 spiro atoms. The maximum absolute atomic E-state index is 10.6. The highest BCUT2D eigenvalue weighted by atomic mass is 16.4. The molecule has 6 nitrogen and oxygen atoms in total. The van der Waals surface area contributed by atoms with Crippen LogP contribution >= 0.6 is 0 Å². The average molecular weight is 356 g/mol. The summed E-state index contributed by atoms with van der Waals surface area (Å²) in [6.45, 7) is 3.22. The van der Waals surface area contributed by atoms with Crippen LogP contribution in [0.15, 0.2) is 48.5 Å². The largest absolute Gasteiger partial charge is 0.481 e. The molecule has 136 valence electrons. The first kappa shape index (κ1) is 20.8. The molecule has 2 atom stereocenters. The molecule has 0 amide bonds. The minimum atomic E-state index is -0.862. The summed E-state index contributed by atoms with van der Waals surface area (Å²) in [5.74, 6) is -2.78. The summed E-state index contributed by atoms with van der Waals surface area (Å²) in [6, 6.07) is 13.1. The molecule has 2 aromatic carbocycles. The van der Waals surface area contributed by atoms with Crippen LogP contribution in [0.1, 0.15) is 57.5 Å². The predicted molar refractivity (Wildman–Crippen MR) is 95.8 cm³/mol. The Morgan fingerprint density at radius 1 is 0.692 bits per heavy atom. The molecule has 0 heterocycles. The van der Waals surface area contributed by atoms with E-state index in [0.717, 1.165) is 12.6 Å². The Labute approximate surface area is 151 Å². The minimum absolute atomic E-state index is 0.527. The number of aldehydes is 2. The lowest BCUT2D eigenvalue weighted by atomic mass is 10.0. The molecule has 0 aliphatic rings. The Morgan fingerprint density at radius 2 is 0.962 bits per heavy atom. The molecule has 0 aliphatic carbocycles. The van der Waals surface area contributed by atoms with Gasteiger partial charge in [0.25, 0.3) is 0 Å². The average Bonchev–Trinajstić information content (AvgIpc) is 2.67. The molecular weight excluding hydrogens is 336 g/mol. The van der Waals surface area contributed by atoms with E-state index >= 15 is 0 Å². The van der Waals surface area contributed by atoms with E-state index in [1.54, 1.807) is 62.4 Å². The number of carbonyl (C=O) groups is 4. The molecule has 0 saturated heterocycles. The Morgan fingerprint density at radius 3 is 1.15 bits per heavy atom. The fraction of sp³-hybridized carbons (Fsp3) is 0.200. The van der Waals surface area contributed by atoms with E-state index < -0.39 is 23.8 Å². The van der Waals surface area contributed by atoms with Crippen LogP contribution < -0.4 is 0 Å². The van der Waals surface area contributed by atoms with Gasteiger partial charge in [-0.15, -0.1) is 0 Å². The number of rotatable bonds is 6. The van der Waals surface area contributed by atoms with Gasteiger partial charge in [0.05, 0.1) is 11.8 Å². The molecule has 2 rings (SSSR count). The van der Waals surface area contributed by atoms with E-state index in [2.05, 4.69) is 0 Å². The molecule has 0 bridgehead atoms. The van der Waals surface area contributed by atoms with Gasteiger partial charge in [0.15, 0.2) is 0 Å². The molecule has 0 aromatic heterocycles. The summed E-state index contributed by atoms with van der Waals surface area (Å²) in [4.78, 5) is 41.8. The fourth-order valence-corrected chi connectivity index (χ4v) is 2.01. The zero-order valence-electron chi connectivity index (χ0n) is 14.5. The first-order valence-electron chi connectivity index (χ1n) is 7.86. The Kier molecular flexibility index (Phi) is 7.89. The second-order valence-electron chi connectivity index (χ2n) is 5.69. The van der Waals surface area contributed by atoms with Gasteiger partial charge in [-0.1, -0.05) is 48.5 Å². The Bertz CT molecular complexity index is 694. The first-order chi connectivity index (χ1) is 12.3. The minimum Gasteiger partial charge on any atom is -0.481 e. The number of hydrogen-bond donors (Lipinski definition) is 2. The van der Waals surface area contributed by atoms with Crippen LogP contribution in [0.4, 0.5) is 0 Å². The van der Waals surface area contributed by atoms with Gasteiger partial charge in [-0.25, -0.2) is 0 Å². The van der Waals surface area contributed by atoms with Crippen LogP contribution in [-0.2, 0) is 9.59 Å². The number of benzene rings is 2. The fourth-order valence-electron chi connectivity index (χ4n) is 2.01. The van der Waals surface area contributed by atoms with Crippen molar-refractivity contribution in [2.75, 3.05) is 0 Å². The lowest BCUT2D eigenvalue weighted by Gasteiger charge is -2.05. The molecule has 0 radical (unpaired) electrons. The van der Waals surface area contributed by atoms with E-state index in [9.17, 15) is 19.2 Å². The molecule has 0 fully saturated rings. The van der Waals surface area contributed by atoms with Crippen molar-refractivity contribution < 1.29 is 29.4 Å². The maximum atomic E-state index is 10.6. The smallest absolute Gasteiger partial charge is 0.310 e. The first-order valence-corrected chi connectivity index (χ1v) is 7.86. The van der Waals surface area contributed by atoms with Gasteiger partial charge in [-0.2, -0.15) is 0 Å². The standard InChI is InChI=1S/2C10H10O3/c2*1-7(10(12)13)9-4-2-8(6-11)3-5-9/h2*2-7H,1H3,(H,12,13). The molecule has 6 heteroatoms. The van der Waals surface area contributed by atoms with Crippen LogP contribution in [0, 0.1) is 0 Å². The van der Waals surface area contributed by atoms with E-state index in [4.69, 9.17) is 10.2 Å². The van der Waals surface area contributed by atoms with Gasteiger partial charge in [0.1, 0.15) is 12.6 Å². The van der Waals surface area contributed by atoms with Crippen molar-refractivity contribution in [2.24, 2.45) is 0 Å². The van der Waals surface area contributed by atoms with Gasteiger partial charge >= 0.3 is 11.9 Å². The van der Waals surface area contributed by atoms with Crippen molar-refractivity contribution >= 4 is 24.5 Å². The van der Waals surface area contributed by atoms with E-state index in [-0.39, 0.29) is 0 Å². The van der Waals surface area contributed by atoms with E-state index in [0.29, 0.717) is 22.3 Å². The highest BCUT2D eigenvalue weighted by Crippen LogP contribution is 2.16. The van der Waals surface area contributed by atoms with Crippen LogP contribution in [0.3, 0.4) is 0 Å². The van der Waals surface area contributed by atoms with Gasteiger partial charge in [-0.3, -0.25) is 19.2 Å². The van der Waals surface area contributed by atoms with Crippen LogP contribution in [0.25, 0.3) is 0 Å². The lowest BCUT2D eigenvalue weighted by molar-refractivity contribution is -0.139. The van der Waals surface area contributed by atoms with Crippen molar-refractivity contribution in [1.82, 2.24) is 0 Å². The zero-order valence-corrected chi connectivity index (χ0v) is 14.5. The third kappa shape index (κ3) is 5.98. The van der Waals surface area contributed by atoms with Crippen molar-refractivity contribution in [1.29, 1.82) is 0 Å². The van der Waals surface area contributed by atoms with Gasteiger partial charge in [0, 0.05) is 11.1 Å². The third-order valence-electron chi connectivity index (χ3n) is 3.89. The van der Waals surface area contributed by atoms with E-state index in [1.165, 1.54) is 0 Å². The summed E-state index contributed by atoms with van der Waals surface area (Å²) in [5.41, 5.74) is 2.53. The highest BCUT2D eigenvalue weighted by molar-refractivity contribution is 5.78. The highest BCUT2D eigenvalue weighted by Gasteiger charge is 2.13. The number of carboxylic acid groups (broad SMARTS) is 2. The van der Waals surface area contributed by atoms with Crippen LogP contribution in [0.5, 0.6) is 0 Å². The zero-order chi connectivity index (χ0) is 19.7. The van der Waals surface area contributed by atoms with Gasteiger partial charge < -0.3 is 10.2 Å². The summed E-state index contributed by atoms with van der Waals surface area (Å²) >= 11 is 0. The number of hydrogen-bond acceptors (Lipinski definition) is 4. The molecule has 2 aromatic rings. The van der Waals surface area contributed by atoms with Crippen LogP contribution in [0.2, 0.25) is 0 Å². The van der Waals surface area contributed by atoms with E-state index in [1.807, 2.05) is 0 Å². The molecule has 2 unspecified atom stereocenters. The molecule has 26 heavy (non-hydrogen) atoms. The number of aliphatic carboxylic acids is 2. The number of carbonyl (C=O) groups excluding carboxylic acids is 2. The number of carboxylic acids is 2. The predicted octanol–water partition coefficient (Wildman–Crippen LogP) is 3.37. The summed E-state index contributed by atoms with van der Waals surface area (Å²) in [6.07, 6.45) is 1.46. The molecular formula is C20H20O6. The van der Waals surface area contributed by atoms with Gasteiger partial charge in [0.2, 0.25) is 0 Å². The normalized spacial score (nSPS) is 12.1. The van der Waals surface area contributed by atoms with Crippen molar-refractivity contribution in [3.05, 3.63) is 70.8 Å². The second kappa shape index (κ2) is 9.88. The molecule has 2 N–H and O–H groups in total. The second-order valence-corrected chi connectivity index (χ2v) is 5.69. The van der Waals surface area contributed by atoms with Crippen molar-refractivity contribution in [3.63, 3.8) is 0 Å². The Hall–Kier alpha value is -3.28.